The SMILES string of the molecule is Cc1cc(OC2CCCC2)c(C(=O)O)c(C)n1. The monoisotopic (exact) mass is 235 g/mol. The van der Waals surface area contributed by atoms with Crippen molar-refractivity contribution in [3.8, 4) is 5.75 Å². The molecule has 0 atom stereocenters. The van der Waals surface area contributed by atoms with Crippen LogP contribution in [0.1, 0.15) is 47.4 Å². The third-order valence-corrected chi connectivity index (χ3v) is 3.10. The number of carboxylic acids is 1. The Balaban J connectivity index is 2.32. The highest BCUT2D eigenvalue weighted by Crippen LogP contribution is 2.28. The molecule has 0 aliphatic heterocycles. The molecule has 0 amide bonds. The van der Waals surface area contributed by atoms with Gasteiger partial charge in [0, 0.05) is 11.8 Å². The summed E-state index contributed by atoms with van der Waals surface area (Å²) in [5, 5.41) is 9.19. The minimum Gasteiger partial charge on any atom is -0.489 e. The van der Waals surface area contributed by atoms with E-state index in [9.17, 15) is 9.90 Å². The first kappa shape index (κ1) is 11.9. The average Bonchev–Trinajstić information content (AvgIpc) is 2.68. The lowest BCUT2D eigenvalue weighted by atomic mass is 10.1. The van der Waals surface area contributed by atoms with Gasteiger partial charge in [-0.1, -0.05) is 0 Å². The number of aromatic nitrogens is 1. The van der Waals surface area contributed by atoms with Crippen LogP contribution in [0.15, 0.2) is 6.07 Å². The molecule has 1 N–H and O–H groups in total. The summed E-state index contributed by atoms with van der Waals surface area (Å²) in [6.07, 6.45) is 4.51. The van der Waals surface area contributed by atoms with Gasteiger partial charge in [0.2, 0.25) is 0 Å². The van der Waals surface area contributed by atoms with Gasteiger partial charge in [0.05, 0.1) is 11.8 Å². The molecule has 1 aliphatic carbocycles. The van der Waals surface area contributed by atoms with Crippen LogP contribution in [0.2, 0.25) is 0 Å². The zero-order valence-corrected chi connectivity index (χ0v) is 10.2. The van der Waals surface area contributed by atoms with Crippen molar-refractivity contribution in [2.75, 3.05) is 0 Å². The number of carbonyl (C=O) groups is 1. The van der Waals surface area contributed by atoms with Gasteiger partial charge in [0.25, 0.3) is 0 Å². The molecule has 0 saturated heterocycles. The van der Waals surface area contributed by atoms with E-state index < -0.39 is 5.97 Å². The van der Waals surface area contributed by atoms with Crippen molar-refractivity contribution in [3.05, 3.63) is 23.0 Å². The fourth-order valence-electron chi connectivity index (χ4n) is 2.33. The summed E-state index contributed by atoms with van der Waals surface area (Å²) in [5.41, 5.74) is 1.51. The third kappa shape index (κ3) is 2.57. The lowest BCUT2D eigenvalue weighted by Gasteiger charge is -2.16. The minimum atomic E-state index is -0.969. The van der Waals surface area contributed by atoms with Crippen molar-refractivity contribution in [3.63, 3.8) is 0 Å². The second-order valence-electron chi connectivity index (χ2n) is 4.55. The van der Waals surface area contributed by atoms with Crippen LogP contribution in [0.4, 0.5) is 0 Å². The van der Waals surface area contributed by atoms with Gasteiger partial charge in [-0.2, -0.15) is 0 Å². The number of rotatable bonds is 3. The molecule has 4 heteroatoms. The number of hydrogen-bond acceptors (Lipinski definition) is 3. The second-order valence-corrected chi connectivity index (χ2v) is 4.55. The maximum absolute atomic E-state index is 11.2. The van der Waals surface area contributed by atoms with Crippen LogP contribution in [0.25, 0.3) is 0 Å². The predicted molar refractivity (Wildman–Crippen MR) is 63.6 cm³/mol. The van der Waals surface area contributed by atoms with Crippen LogP contribution in [0.3, 0.4) is 0 Å². The summed E-state index contributed by atoms with van der Waals surface area (Å²) < 4.78 is 5.81. The van der Waals surface area contributed by atoms with Crippen molar-refractivity contribution < 1.29 is 14.6 Å². The Bertz CT molecular complexity index is 437. The van der Waals surface area contributed by atoms with E-state index in [-0.39, 0.29) is 11.7 Å². The molecule has 4 nitrogen and oxygen atoms in total. The smallest absolute Gasteiger partial charge is 0.341 e. The van der Waals surface area contributed by atoms with Gasteiger partial charge >= 0.3 is 5.97 Å². The zero-order chi connectivity index (χ0) is 12.4. The summed E-state index contributed by atoms with van der Waals surface area (Å²) in [6, 6.07) is 1.72. The number of aryl methyl sites for hydroxylation is 2. The molecule has 0 radical (unpaired) electrons. The molecule has 2 rings (SSSR count). The zero-order valence-electron chi connectivity index (χ0n) is 10.2. The molecule has 1 aromatic heterocycles. The van der Waals surface area contributed by atoms with Crippen LogP contribution >= 0.6 is 0 Å². The number of aromatic carboxylic acids is 1. The highest BCUT2D eigenvalue weighted by Gasteiger charge is 2.22. The molecular weight excluding hydrogens is 218 g/mol. The summed E-state index contributed by atoms with van der Waals surface area (Å²) in [6.45, 7) is 3.55. The molecule has 1 aromatic rings. The van der Waals surface area contributed by atoms with Gasteiger partial charge in [-0.05, 0) is 39.5 Å². The van der Waals surface area contributed by atoms with Crippen molar-refractivity contribution in [2.45, 2.75) is 45.6 Å². The summed E-state index contributed by atoms with van der Waals surface area (Å²) in [4.78, 5) is 15.4. The van der Waals surface area contributed by atoms with Crippen LogP contribution < -0.4 is 4.74 Å². The van der Waals surface area contributed by atoms with E-state index in [0.717, 1.165) is 31.4 Å². The normalized spacial score (nSPS) is 16.1. The molecule has 1 aliphatic rings. The number of ether oxygens (including phenoxy) is 1. The second kappa shape index (κ2) is 4.73. The highest BCUT2D eigenvalue weighted by atomic mass is 16.5. The van der Waals surface area contributed by atoms with Crippen molar-refractivity contribution >= 4 is 5.97 Å². The van der Waals surface area contributed by atoms with E-state index in [2.05, 4.69) is 4.98 Å². The predicted octanol–water partition coefficient (Wildman–Crippen LogP) is 2.72. The summed E-state index contributed by atoms with van der Waals surface area (Å²) in [5.74, 6) is -0.502. The van der Waals surface area contributed by atoms with Gasteiger partial charge in [-0.3, -0.25) is 4.98 Å². The van der Waals surface area contributed by atoms with Gasteiger partial charge in [0.15, 0.2) is 0 Å². The Morgan fingerprint density at radius 2 is 2.06 bits per heavy atom. The largest absolute Gasteiger partial charge is 0.489 e. The van der Waals surface area contributed by atoms with Crippen LogP contribution in [0.5, 0.6) is 5.75 Å². The van der Waals surface area contributed by atoms with Gasteiger partial charge in [-0.15, -0.1) is 0 Å². The van der Waals surface area contributed by atoms with E-state index >= 15 is 0 Å². The van der Waals surface area contributed by atoms with E-state index in [1.807, 2.05) is 6.92 Å². The lowest BCUT2D eigenvalue weighted by Crippen LogP contribution is -2.15. The number of pyridine rings is 1. The third-order valence-electron chi connectivity index (χ3n) is 3.10. The average molecular weight is 235 g/mol. The van der Waals surface area contributed by atoms with Gasteiger partial charge in [0.1, 0.15) is 11.3 Å². The summed E-state index contributed by atoms with van der Waals surface area (Å²) >= 11 is 0. The maximum atomic E-state index is 11.2. The standard InChI is InChI=1S/C13H17NO3/c1-8-7-11(17-10-5-3-4-6-10)12(13(15)16)9(2)14-8/h7,10H,3-6H2,1-2H3,(H,15,16). The molecule has 17 heavy (non-hydrogen) atoms. The Morgan fingerprint density at radius 1 is 1.41 bits per heavy atom. The Kier molecular flexibility index (Phi) is 3.31. The minimum absolute atomic E-state index is 0.161. The van der Waals surface area contributed by atoms with E-state index in [1.54, 1.807) is 13.0 Å². The molecule has 1 fully saturated rings. The fraction of sp³-hybridized carbons (Fsp3) is 0.538. The van der Waals surface area contributed by atoms with Crippen LogP contribution in [-0.2, 0) is 0 Å². The first-order valence-electron chi connectivity index (χ1n) is 5.96. The maximum Gasteiger partial charge on any atom is 0.341 e. The molecule has 0 unspecified atom stereocenters. The molecule has 1 saturated carbocycles. The topological polar surface area (TPSA) is 59.4 Å². The molecule has 1 heterocycles. The number of hydrogen-bond donors (Lipinski definition) is 1. The lowest BCUT2D eigenvalue weighted by molar-refractivity contribution is 0.0687. The van der Waals surface area contributed by atoms with Crippen LogP contribution in [0, 0.1) is 13.8 Å². The summed E-state index contributed by atoms with van der Waals surface area (Å²) in [7, 11) is 0. The van der Waals surface area contributed by atoms with Crippen molar-refractivity contribution in [1.82, 2.24) is 4.98 Å². The Morgan fingerprint density at radius 3 is 2.65 bits per heavy atom. The molecule has 92 valence electrons. The number of carboxylic acid groups (broad SMARTS) is 1. The van der Waals surface area contributed by atoms with Crippen molar-refractivity contribution in [2.24, 2.45) is 0 Å². The quantitative estimate of drug-likeness (QED) is 0.875. The van der Waals surface area contributed by atoms with Crippen molar-refractivity contribution in [1.29, 1.82) is 0 Å². The molecule has 0 aromatic carbocycles. The first-order chi connectivity index (χ1) is 8.08. The first-order valence-corrected chi connectivity index (χ1v) is 5.96. The fourth-order valence-corrected chi connectivity index (χ4v) is 2.33. The van der Waals surface area contributed by atoms with E-state index in [0.29, 0.717) is 11.4 Å². The highest BCUT2D eigenvalue weighted by molar-refractivity contribution is 5.92. The Labute approximate surface area is 101 Å². The van der Waals surface area contributed by atoms with E-state index in [4.69, 9.17) is 4.74 Å². The Hall–Kier alpha value is -1.58. The van der Waals surface area contributed by atoms with Gasteiger partial charge < -0.3 is 9.84 Å². The number of nitrogens with zero attached hydrogens (tertiary/aromatic N) is 1. The van der Waals surface area contributed by atoms with Gasteiger partial charge in [-0.25, -0.2) is 4.79 Å². The molecule has 0 bridgehead atoms. The molecular formula is C13H17NO3. The van der Waals surface area contributed by atoms with Crippen LogP contribution in [-0.4, -0.2) is 22.2 Å². The van der Waals surface area contributed by atoms with E-state index in [1.165, 1.54) is 0 Å². The molecule has 0 spiro atoms.